The van der Waals surface area contributed by atoms with E-state index in [4.69, 9.17) is 0 Å². The monoisotopic (exact) mass is 519 g/mol. The largest absolute Gasteiger partial charge is 0.481 e. The highest BCUT2D eigenvalue weighted by atomic mass is 16.4. The number of carboxylic acids is 2. The van der Waals surface area contributed by atoms with E-state index in [-0.39, 0.29) is 46.5 Å². The molecular weight excluding hydrogens is 482 g/mol. The zero-order valence-corrected chi connectivity index (χ0v) is 22.6. The summed E-state index contributed by atoms with van der Waals surface area (Å²) in [6.45, 7) is 8.51. The summed E-state index contributed by atoms with van der Waals surface area (Å²) >= 11 is 0. The van der Waals surface area contributed by atoms with Gasteiger partial charge in [0.1, 0.15) is 0 Å². The van der Waals surface area contributed by atoms with Crippen LogP contribution in [0.25, 0.3) is 0 Å². The number of hydrogen-bond acceptors (Lipinski definition) is 4. The number of hydrogen-bond donors (Lipinski definition) is 2. The summed E-state index contributed by atoms with van der Waals surface area (Å²) in [5, 5.41) is 19.6. The van der Waals surface area contributed by atoms with Crippen LogP contribution in [-0.2, 0) is 14.4 Å². The number of carbonyl (C=O) groups excluding carboxylic acids is 2. The van der Waals surface area contributed by atoms with E-state index in [0.29, 0.717) is 12.1 Å². The zero-order chi connectivity index (χ0) is 27.4. The van der Waals surface area contributed by atoms with Gasteiger partial charge >= 0.3 is 11.9 Å². The van der Waals surface area contributed by atoms with E-state index in [1.807, 2.05) is 6.92 Å². The fourth-order valence-electron chi connectivity index (χ4n) is 9.97. The minimum atomic E-state index is -1.05. The van der Waals surface area contributed by atoms with Crippen LogP contribution < -0.4 is 4.90 Å². The number of carboxylic acid groups (broad SMARTS) is 2. The highest BCUT2D eigenvalue weighted by Crippen LogP contribution is 2.74. The maximum Gasteiger partial charge on any atom is 0.335 e. The van der Waals surface area contributed by atoms with E-state index in [0.717, 1.165) is 32.1 Å². The van der Waals surface area contributed by atoms with Crippen LogP contribution in [0.1, 0.15) is 76.6 Å². The lowest BCUT2D eigenvalue weighted by atomic mass is 9.34. The van der Waals surface area contributed by atoms with Gasteiger partial charge in [-0.25, -0.2) is 4.79 Å². The van der Waals surface area contributed by atoms with Crippen molar-refractivity contribution in [2.24, 2.45) is 51.8 Å². The van der Waals surface area contributed by atoms with E-state index < -0.39 is 34.6 Å². The van der Waals surface area contributed by atoms with Crippen LogP contribution in [-0.4, -0.2) is 34.0 Å². The summed E-state index contributed by atoms with van der Waals surface area (Å²) in [7, 11) is 0. The molecule has 5 aliphatic carbocycles. The Morgan fingerprint density at radius 1 is 0.974 bits per heavy atom. The van der Waals surface area contributed by atoms with Gasteiger partial charge < -0.3 is 10.2 Å². The third kappa shape index (κ3) is 3.02. The quantitative estimate of drug-likeness (QED) is 0.407. The van der Waals surface area contributed by atoms with Crippen molar-refractivity contribution in [3.05, 3.63) is 41.5 Å². The van der Waals surface area contributed by atoms with Gasteiger partial charge in [-0.3, -0.25) is 19.3 Å². The van der Waals surface area contributed by atoms with Gasteiger partial charge in [0.25, 0.3) is 0 Å². The third-order valence-electron chi connectivity index (χ3n) is 11.5. The van der Waals surface area contributed by atoms with Crippen molar-refractivity contribution < 1.29 is 29.4 Å². The Balaban J connectivity index is 1.46. The molecule has 0 aromatic heterocycles. The van der Waals surface area contributed by atoms with Gasteiger partial charge in [-0.1, -0.05) is 38.8 Å². The first-order chi connectivity index (χ1) is 17.9. The lowest BCUT2D eigenvalue weighted by Crippen LogP contribution is -2.65. The zero-order valence-electron chi connectivity index (χ0n) is 22.6. The molecule has 1 heterocycles. The molecule has 3 saturated carbocycles. The Labute approximate surface area is 223 Å². The first-order valence-corrected chi connectivity index (χ1v) is 14.0. The number of benzene rings is 1. The van der Waals surface area contributed by atoms with Crippen LogP contribution in [0.3, 0.4) is 0 Å². The standard InChI is InChI=1S/C31H37NO6/c1-16(2)20-15-31-13-10-21-29(3,11-5-12-30(21,4)28(37)38)22(31)14-19(20)23-24(31)26(34)32(25(23)33)18-8-6-17(7-9-18)27(35)36/h6-9,15-16,19,21-24H,5,10-14H2,1-4H3,(H,35,36)(H,37,38)/t19-,21-,22-,23+,24+,29-,30+,31+/m0/s1. The van der Waals surface area contributed by atoms with Crippen LogP contribution in [0.2, 0.25) is 0 Å². The second kappa shape index (κ2) is 8.03. The first-order valence-electron chi connectivity index (χ1n) is 14.0. The summed E-state index contributed by atoms with van der Waals surface area (Å²) in [6, 6.07) is 5.99. The van der Waals surface area contributed by atoms with Gasteiger partial charge in [0.05, 0.1) is 28.5 Å². The van der Waals surface area contributed by atoms with Crippen molar-refractivity contribution in [2.75, 3.05) is 4.90 Å². The predicted molar refractivity (Wildman–Crippen MR) is 140 cm³/mol. The van der Waals surface area contributed by atoms with Crippen LogP contribution in [0.15, 0.2) is 35.9 Å². The second-order valence-electron chi connectivity index (χ2n) is 13.3. The van der Waals surface area contributed by atoms with E-state index in [1.165, 1.54) is 22.6 Å². The molecule has 1 aromatic rings. The number of rotatable bonds is 4. The lowest BCUT2D eigenvalue weighted by Gasteiger charge is -2.68. The van der Waals surface area contributed by atoms with E-state index in [1.54, 1.807) is 12.1 Å². The molecule has 2 amide bonds. The van der Waals surface area contributed by atoms with E-state index >= 15 is 0 Å². The Kier molecular flexibility index (Phi) is 5.35. The minimum absolute atomic E-state index is 0.0393. The molecule has 0 radical (unpaired) electrons. The molecule has 7 heteroatoms. The molecule has 1 aliphatic heterocycles. The van der Waals surface area contributed by atoms with Gasteiger partial charge in [0.2, 0.25) is 11.8 Å². The molecule has 8 atom stereocenters. The SMILES string of the molecule is CC(C)C1=C[C@]23CC[C@H]4[C@](C)(CCC[C@@]4(C)C(=O)O)[C@@H]2C[C@@H]1[C@H]1C(=O)N(c2ccc(C(=O)O)cc2)C(=O)[C@@H]13. The summed E-state index contributed by atoms with van der Waals surface area (Å²) in [5.41, 5.74) is 0.343. The molecule has 7 rings (SSSR count). The minimum Gasteiger partial charge on any atom is -0.481 e. The number of nitrogens with zero attached hydrogens (tertiary/aromatic N) is 1. The number of fused-ring (bicyclic) bond motifs is 1. The summed E-state index contributed by atoms with van der Waals surface area (Å²) in [6.07, 6.45) is 7.13. The fraction of sp³-hybridized carbons (Fsp3) is 0.613. The summed E-state index contributed by atoms with van der Waals surface area (Å²) in [4.78, 5) is 53.5. The van der Waals surface area contributed by atoms with Gasteiger partial charge in [0.15, 0.2) is 0 Å². The maximum atomic E-state index is 14.3. The average molecular weight is 520 g/mol. The summed E-state index contributed by atoms with van der Waals surface area (Å²) < 4.78 is 0. The topological polar surface area (TPSA) is 112 Å². The van der Waals surface area contributed by atoms with Crippen molar-refractivity contribution in [1.29, 1.82) is 0 Å². The molecule has 1 saturated heterocycles. The van der Waals surface area contributed by atoms with Crippen molar-refractivity contribution in [1.82, 2.24) is 0 Å². The molecule has 4 fully saturated rings. The Bertz CT molecular complexity index is 1280. The number of carbonyl (C=O) groups is 4. The molecule has 202 valence electrons. The highest BCUT2D eigenvalue weighted by Gasteiger charge is 2.73. The molecule has 2 N–H and O–H groups in total. The van der Waals surface area contributed by atoms with Crippen molar-refractivity contribution >= 4 is 29.4 Å². The van der Waals surface area contributed by atoms with Crippen LogP contribution in [0.4, 0.5) is 5.69 Å². The predicted octanol–water partition coefficient (Wildman–Crippen LogP) is 5.40. The molecular formula is C31H37NO6. The third-order valence-corrected chi connectivity index (χ3v) is 11.5. The molecule has 0 unspecified atom stereocenters. The van der Waals surface area contributed by atoms with Crippen molar-refractivity contribution in [3.63, 3.8) is 0 Å². The molecule has 38 heavy (non-hydrogen) atoms. The van der Waals surface area contributed by atoms with E-state index in [2.05, 4.69) is 26.8 Å². The number of imide groups is 1. The fourth-order valence-corrected chi connectivity index (χ4v) is 9.97. The first kappa shape index (κ1) is 25.3. The van der Waals surface area contributed by atoms with E-state index in [9.17, 15) is 29.4 Å². The molecule has 7 nitrogen and oxygen atoms in total. The maximum absolute atomic E-state index is 14.3. The number of aliphatic carboxylic acids is 1. The van der Waals surface area contributed by atoms with Crippen molar-refractivity contribution in [2.45, 2.75) is 66.2 Å². The smallest absolute Gasteiger partial charge is 0.335 e. The van der Waals surface area contributed by atoms with Gasteiger partial charge in [-0.05, 0) is 92.4 Å². The lowest BCUT2D eigenvalue weighted by molar-refractivity contribution is -0.194. The average Bonchev–Trinajstić information content (AvgIpc) is 3.15. The molecule has 2 bridgehead atoms. The molecule has 1 aromatic carbocycles. The van der Waals surface area contributed by atoms with Crippen LogP contribution >= 0.6 is 0 Å². The number of allylic oxidation sites excluding steroid dienone is 2. The normalized spacial score (nSPS) is 41.4. The number of aromatic carboxylic acids is 1. The highest BCUT2D eigenvalue weighted by molar-refractivity contribution is 6.23. The second-order valence-corrected chi connectivity index (χ2v) is 13.3. The van der Waals surface area contributed by atoms with Gasteiger partial charge in [-0.15, -0.1) is 0 Å². The van der Waals surface area contributed by atoms with Gasteiger partial charge in [0, 0.05) is 5.41 Å². The number of amides is 2. The van der Waals surface area contributed by atoms with Gasteiger partial charge in [-0.2, -0.15) is 0 Å². The molecule has 1 spiro atoms. The Morgan fingerprint density at radius 3 is 2.26 bits per heavy atom. The summed E-state index contributed by atoms with van der Waals surface area (Å²) in [5.74, 6) is -2.62. The van der Waals surface area contributed by atoms with Crippen LogP contribution in [0.5, 0.6) is 0 Å². The Hall–Kier alpha value is -2.96. The van der Waals surface area contributed by atoms with Crippen molar-refractivity contribution in [3.8, 4) is 0 Å². The van der Waals surface area contributed by atoms with Crippen LogP contribution in [0, 0.1) is 51.8 Å². The molecule has 6 aliphatic rings. The Morgan fingerprint density at radius 2 is 1.66 bits per heavy atom. The number of anilines is 1.